The molecular weight excluding hydrogens is 250 g/mol. The molecule has 0 saturated carbocycles. The van der Waals surface area contributed by atoms with Crippen molar-refractivity contribution in [1.29, 1.82) is 0 Å². The van der Waals surface area contributed by atoms with Crippen LogP contribution in [0.25, 0.3) is 0 Å². The van der Waals surface area contributed by atoms with Crippen molar-refractivity contribution in [2.75, 3.05) is 6.61 Å². The zero-order chi connectivity index (χ0) is 13.9. The first-order valence-corrected chi connectivity index (χ1v) is 5.33. The SMILES string of the molecule is CCOC(=O)C(O)[C@@H](O)[C@H]1O[C@H](ON)[C@@H](O)[C@H]1O. The Morgan fingerprint density at radius 3 is 2.44 bits per heavy atom. The minimum atomic E-state index is -1.91. The lowest BCUT2D eigenvalue weighted by Gasteiger charge is -2.23. The Bertz CT molecular complexity index is 288. The number of hydrogen-bond donors (Lipinski definition) is 5. The summed E-state index contributed by atoms with van der Waals surface area (Å²) in [6.07, 6.45) is -9.52. The van der Waals surface area contributed by atoms with Gasteiger partial charge < -0.3 is 29.9 Å². The number of carbonyl (C=O) groups excluding carboxylic acids is 1. The molecular formula is C9H17NO8. The average Bonchev–Trinajstić information content (AvgIpc) is 2.64. The van der Waals surface area contributed by atoms with Crippen LogP contribution in [0.5, 0.6) is 0 Å². The van der Waals surface area contributed by atoms with E-state index < -0.39 is 42.8 Å². The fraction of sp³-hybridized carbons (Fsp3) is 0.889. The van der Waals surface area contributed by atoms with Crippen molar-refractivity contribution < 1.29 is 39.5 Å². The van der Waals surface area contributed by atoms with Crippen LogP contribution < -0.4 is 5.90 Å². The van der Waals surface area contributed by atoms with Gasteiger partial charge in [0.1, 0.15) is 24.4 Å². The lowest BCUT2D eigenvalue weighted by molar-refractivity contribution is -0.195. The third kappa shape index (κ3) is 2.95. The molecule has 1 rings (SSSR count). The molecule has 1 fully saturated rings. The quantitative estimate of drug-likeness (QED) is 0.253. The zero-order valence-corrected chi connectivity index (χ0v) is 9.67. The summed E-state index contributed by atoms with van der Waals surface area (Å²) in [5.41, 5.74) is 0. The van der Waals surface area contributed by atoms with Crippen molar-refractivity contribution in [1.82, 2.24) is 0 Å². The summed E-state index contributed by atoms with van der Waals surface area (Å²) >= 11 is 0. The summed E-state index contributed by atoms with van der Waals surface area (Å²) in [4.78, 5) is 15.4. The smallest absolute Gasteiger partial charge is 0.337 e. The van der Waals surface area contributed by atoms with Gasteiger partial charge in [-0.3, -0.25) is 4.84 Å². The molecule has 9 nitrogen and oxygen atoms in total. The molecule has 1 heterocycles. The predicted octanol–water partition coefficient (Wildman–Crippen LogP) is -3.39. The third-order valence-corrected chi connectivity index (χ3v) is 2.58. The van der Waals surface area contributed by atoms with Crippen LogP contribution in [0.2, 0.25) is 0 Å². The minimum absolute atomic E-state index is 0.0217. The van der Waals surface area contributed by atoms with Crippen LogP contribution in [0.1, 0.15) is 6.92 Å². The van der Waals surface area contributed by atoms with Crippen molar-refractivity contribution in [2.24, 2.45) is 5.90 Å². The first-order chi connectivity index (χ1) is 8.43. The van der Waals surface area contributed by atoms with Gasteiger partial charge in [-0.2, -0.15) is 0 Å². The fourth-order valence-corrected chi connectivity index (χ4v) is 1.61. The molecule has 106 valence electrons. The highest BCUT2D eigenvalue weighted by atomic mass is 16.8. The number of aliphatic hydroxyl groups excluding tert-OH is 4. The number of ether oxygens (including phenoxy) is 2. The molecule has 0 amide bonds. The van der Waals surface area contributed by atoms with Crippen molar-refractivity contribution in [2.45, 2.75) is 43.7 Å². The molecule has 0 aromatic heterocycles. The maximum atomic E-state index is 11.2. The molecule has 6 N–H and O–H groups in total. The Morgan fingerprint density at radius 2 is 2.00 bits per heavy atom. The summed E-state index contributed by atoms with van der Waals surface area (Å²) in [6, 6.07) is 0. The van der Waals surface area contributed by atoms with Gasteiger partial charge in [-0.15, -0.1) is 0 Å². The monoisotopic (exact) mass is 267 g/mol. The van der Waals surface area contributed by atoms with E-state index >= 15 is 0 Å². The Labute approximate surface area is 103 Å². The highest BCUT2D eigenvalue weighted by molar-refractivity contribution is 5.75. The van der Waals surface area contributed by atoms with Crippen LogP contribution in [-0.4, -0.2) is 69.8 Å². The van der Waals surface area contributed by atoms with Gasteiger partial charge in [-0.1, -0.05) is 0 Å². The van der Waals surface area contributed by atoms with Gasteiger partial charge in [0.05, 0.1) is 6.61 Å². The number of esters is 1. The van der Waals surface area contributed by atoms with Gasteiger partial charge in [0.25, 0.3) is 0 Å². The lowest BCUT2D eigenvalue weighted by Crippen LogP contribution is -2.48. The van der Waals surface area contributed by atoms with E-state index in [1.54, 1.807) is 0 Å². The standard InChI is InChI=1S/C9H17NO8/c1-2-16-8(15)5(13)3(11)7-4(12)6(14)9(17-7)18-10/h3-7,9,11-14H,2,10H2,1H3/t3-,4-,5?,6+,7-,9-/m1/s1. The highest BCUT2D eigenvalue weighted by Crippen LogP contribution is 2.25. The molecule has 0 bridgehead atoms. The molecule has 0 aliphatic carbocycles. The largest absolute Gasteiger partial charge is 0.464 e. The Hall–Kier alpha value is -0.810. The second-order valence-corrected chi connectivity index (χ2v) is 3.77. The van der Waals surface area contributed by atoms with Gasteiger partial charge in [-0.05, 0) is 6.92 Å². The molecule has 9 heteroatoms. The van der Waals surface area contributed by atoms with Gasteiger partial charge in [0, 0.05) is 0 Å². The first kappa shape index (κ1) is 15.2. The van der Waals surface area contributed by atoms with Crippen molar-refractivity contribution in [3.8, 4) is 0 Å². The summed E-state index contributed by atoms with van der Waals surface area (Å²) in [6.45, 7) is 1.55. The second kappa shape index (κ2) is 6.38. The first-order valence-electron chi connectivity index (χ1n) is 5.33. The van der Waals surface area contributed by atoms with E-state index in [0.29, 0.717) is 0 Å². The second-order valence-electron chi connectivity index (χ2n) is 3.77. The lowest BCUT2D eigenvalue weighted by atomic mass is 10.0. The van der Waals surface area contributed by atoms with Gasteiger partial charge in [0.2, 0.25) is 6.29 Å². The van der Waals surface area contributed by atoms with E-state index in [1.165, 1.54) is 6.92 Å². The van der Waals surface area contributed by atoms with E-state index in [1.807, 2.05) is 0 Å². The number of hydrogen-bond acceptors (Lipinski definition) is 9. The topological polar surface area (TPSA) is 152 Å². The molecule has 0 aromatic carbocycles. The maximum Gasteiger partial charge on any atom is 0.337 e. The minimum Gasteiger partial charge on any atom is -0.464 e. The zero-order valence-electron chi connectivity index (χ0n) is 9.67. The molecule has 1 saturated heterocycles. The summed E-state index contributed by atoms with van der Waals surface area (Å²) < 4.78 is 9.38. The van der Waals surface area contributed by atoms with Crippen molar-refractivity contribution in [3.63, 3.8) is 0 Å². The highest BCUT2D eigenvalue weighted by Gasteiger charge is 2.49. The molecule has 0 aromatic rings. The number of nitrogens with two attached hydrogens (primary N) is 1. The van der Waals surface area contributed by atoms with E-state index in [4.69, 9.17) is 10.6 Å². The normalized spacial score (nSPS) is 35.2. The van der Waals surface area contributed by atoms with Crippen LogP contribution in [0.4, 0.5) is 0 Å². The molecule has 0 radical (unpaired) electrons. The number of aliphatic hydroxyl groups is 4. The molecule has 1 aliphatic heterocycles. The van der Waals surface area contributed by atoms with Crippen LogP contribution >= 0.6 is 0 Å². The van der Waals surface area contributed by atoms with E-state index in [9.17, 15) is 25.2 Å². The number of rotatable bonds is 5. The molecule has 1 aliphatic rings. The van der Waals surface area contributed by atoms with E-state index in [2.05, 4.69) is 9.57 Å². The third-order valence-electron chi connectivity index (χ3n) is 2.58. The molecule has 6 atom stereocenters. The van der Waals surface area contributed by atoms with Crippen molar-refractivity contribution >= 4 is 5.97 Å². The average molecular weight is 267 g/mol. The fourth-order valence-electron chi connectivity index (χ4n) is 1.61. The van der Waals surface area contributed by atoms with Crippen LogP contribution in [0.15, 0.2) is 0 Å². The Balaban J connectivity index is 2.67. The van der Waals surface area contributed by atoms with Crippen LogP contribution in [0, 0.1) is 0 Å². The molecule has 0 spiro atoms. The summed E-state index contributed by atoms with van der Waals surface area (Å²) in [7, 11) is 0. The molecule has 18 heavy (non-hydrogen) atoms. The Morgan fingerprint density at radius 1 is 1.39 bits per heavy atom. The van der Waals surface area contributed by atoms with E-state index in [-0.39, 0.29) is 6.61 Å². The maximum absolute atomic E-state index is 11.2. The van der Waals surface area contributed by atoms with Crippen molar-refractivity contribution in [3.05, 3.63) is 0 Å². The van der Waals surface area contributed by atoms with Gasteiger partial charge in [-0.25, -0.2) is 10.7 Å². The molecule has 1 unspecified atom stereocenters. The Kier molecular flexibility index (Phi) is 5.41. The predicted molar refractivity (Wildman–Crippen MR) is 54.6 cm³/mol. The number of carbonyl (C=O) groups is 1. The van der Waals surface area contributed by atoms with Crippen LogP contribution in [-0.2, 0) is 19.1 Å². The van der Waals surface area contributed by atoms with Gasteiger partial charge in [0.15, 0.2) is 6.10 Å². The summed E-state index contributed by atoms with van der Waals surface area (Å²) in [5, 5.41) is 38.1. The summed E-state index contributed by atoms with van der Waals surface area (Å²) in [5.74, 6) is 3.74. The van der Waals surface area contributed by atoms with Crippen LogP contribution in [0.3, 0.4) is 0 Å². The van der Waals surface area contributed by atoms with E-state index in [0.717, 1.165) is 0 Å². The van der Waals surface area contributed by atoms with Gasteiger partial charge >= 0.3 is 5.97 Å².